The summed E-state index contributed by atoms with van der Waals surface area (Å²) in [6.45, 7) is 12.5. The summed E-state index contributed by atoms with van der Waals surface area (Å²) >= 11 is 16.4. The first-order valence-corrected chi connectivity index (χ1v) is 15.5. The van der Waals surface area contributed by atoms with Gasteiger partial charge in [-0.15, -0.1) is 0 Å². The highest BCUT2D eigenvalue weighted by molar-refractivity contribution is 9.10. The van der Waals surface area contributed by atoms with Crippen molar-refractivity contribution in [2.45, 2.75) is 58.0 Å². The van der Waals surface area contributed by atoms with E-state index in [2.05, 4.69) is 76.5 Å². The Morgan fingerprint density at radius 3 is 2.71 bits per heavy atom. The van der Waals surface area contributed by atoms with Gasteiger partial charge in [0.15, 0.2) is 14.1 Å². The van der Waals surface area contributed by atoms with Crippen molar-refractivity contribution in [3.63, 3.8) is 0 Å². The van der Waals surface area contributed by atoms with Gasteiger partial charge < -0.3 is 19.8 Å². The molecule has 0 amide bonds. The third-order valence-electron chi connectivity index (χ3n) is 6.34. The molecule has 1 fully saturated rings. The lowest BCUT2D eigenvalue weighted by molar-refractivity contribution is 0.0698. The number of hydrogen-bond acceptors (Lipinski definition) is 7. The molecule has 1 saturated heterocycles. The third-order valence-corrected chi connectivity index (χ3v) is 12.6. The molecule has 11 heteroatoms. The van der Waals surface area contributed by atoms with E-state index < -0.39 is 8.32 Å². The number of nitrogens with one attached hydrogen (secondary N) is 2. The number of benzene rings is 1. The van der Waals surface area contributed by atoms with Gasteiger partial charge in [0.1, 0.15) is 5.02 Å². The van der Waals surface area contributed by atoms with Gasteiger partial charge in [-0.2, -0.15) is 10.2 Å². The first kappa shape index (κ1) is 27.2. The third kappa shape index (κ3) is 6.62. The Labute approximate surface area is 220 Å². The highest BCUT2D eigenvalue weighted by atomic mass is 79.9. The van der Waals surface area contributed by atoms with Crippen LogP contribution in [0.4, 0.5) is 17.5 Å². The van der Waals surface area contributed by atoms with Crippen LogP contribution in [-0.4, -0.2) is 37.5 Å². The van der Waals surface area contributed by atoms with Crippen LogP contribution in [0.1, 0.15) is 32.8 Å². The van der Waals surface area contributed by atoms with Crippen LogP contribution in [0, 0.1) is 17.2 Å². The van der Waals surface area contributed by atoms with Crippen molar-refractivity contribution in [1.29, 1.82) is 5.26 Å². The number of nitrogens with zero attached hydrogens (tertiary/aromatic N) is 3. The first-order chi connectivity index (χ1) is 15.9. The van der Waals surface area contributed by atoms with Crippen LogP contribution in [0.5, 0.6) is 0 Å². The van der Waals surface area contributed by atoms with Gasteiger partial charge >= 0.3 is 0 Å². The van der Waals surface area contributed by atoms with Crippen molar-refractivity contribution in [2.24, 2.45) is 5.92 Å². The van der Waals surface area contributed by atoms with Crippen molar-refractivity contribution < 1.29 is 9.16 Å². The molecule has 34 heavy (non-hydrogen) atoms. The van der Waals surface area contributed by atoms with Crippen LogP contribution in [0.2, 0.25) is 28.2 Å². The van der Waals surface area contributed by atoms with Gasteiger partial charge in [-0.25, -0.2) is 4.98 Å². The summed E-state index contributed by atoms with van der Waals surface area (Å²) in [6.07, 6.45) is 2.19. The number of nitriles is 1. The highest BCUT2D eigenvalue weighted by Gasteiger charge is 2.37. The molecule has 2 N–H and O–H groups in total. The summed E-state index contributed by atoms with van der Waals surface area (Å²) in [6, 6.07) is 5.90. The molecule has 2 aromatic rings. The van der Waals surface area contributed by atoms with E-state index in [1.54, 1.807) is 6.07 Å². The molecule has 2 heterocycles. The Kier molecular flexibility index (Phi) is 8.88. The summed E-state index contributed by atoms with van der Waals surface area (Å²) in [5.41, 5.74) is 1.66. The SMILES string of the molecule is CC(C)(C)[Si](C)(C)OCc1cc(Nc2ncc(Cl)c(N[C@H]3COCC[C@@H]3C#N)n2)cc(Cl)c1Br. The van der Waals surface area contributed by atoms with Crippen LogP contribution in [0.25, 0.3) is 0 Å². The molecule has 2 atom stereocenters. The molecule has 1 aromatic heterocycles. The second kappa shape index (κ2) is 11.1. The minimum atomic E-state index is -1.93. The summed E-state index contributed by atoms with van der Waals surface area (Å²) in [4.78, 5) is 8.82. The Hall–Kier alpha value is -1.41. The molecule has 0 bridgehead atoms. The minimum absolute atomic E-state index is 0.105. The van der Waals surface area contributed by atoms with Gasteiger partial charge in [0, 0.05) is 16.8 Å². The molecule has 1 aliphatic rings. The number of hydrogen-bond donors (Lipinski definition) is 2. The predicted octanol–water partition coefficient (Wildman–Crippen LogP) is 7.15. The smallest absolute Gasteiger partial charge is 0.229 e. The standard InChI is InChI=1S/C23H30BrCl2N5O2Si/c1-23(2,3)34(4,5)33-12-15-8-16(9-17(25)20(15)24)29-22-28-11-18(26)21(31-22)30-19-13-32-7-6-14(19)10-27/h8-9,11,14,19H,6-7,12-13H2,1-5H3,(H2,28,29,30,31)/t14-,19+/m1/s1. The van der Waals surface area contributed by atoms with Crippen LogP contribution in [0.3, 0.4) is 0 Å². The van der Waals surface area contributed by atoms with Crippen molar-refractivity contribution in [3.05, 3.63) is 38.4 Å². The van der Waals surface area contributed by atoms with E-state index in [9.17, 15) is 5.26 Å². The first-order valence-electron chi connectivity index (χ1n) is 11.1. The van der Waals surface area contributed by atoms with Crippen molar-refractivity contribution in [3.8, 4) is 6.07 Å². The summed E-state index contributed by atoms with van der Waals surface area (Å²) in [5.74, 6) is 0.622. The molecule has 184 valence electrons. The molecule has 0 unspecified atom stereocenters. The van der Waals surface area contributed by atoms with E-state index in [-0.39, 0.29) is 17.0 Å². The Morgan fingerprint density at radius 2 is 2.03 bits per heavy atom. The molecule has 1 aromatic carbocycles. The maximum Gasteiger partial charge on any atom is 0.229 e. The van der Waals surface area contributed by atoms with Gasteiger partial charge in [-0.1, -0.05) is 44.0 Å². The largest absolute Gasteiger partial charge is 0.413 e. The van der Waals surface area contributed by atoms with Gasteiger partial charge in [0.25, 0.3) is 0 Å². The number of anilines is 3. The van der Waals surface area contributed by atoms with Gasteiger partial charge in [-0.05, 0) is 58.2 Å². The van der Waals surface area contributed by atoms with E-state index in [0.717, 1.165) is 15.7 Å². The lowest BCUT2D eigenvalue weighted by Crippen LogP contribution is -2.40. The Morgan fingerprint density at radius 1 is 1.29 bits per heavy atom. The van der Waals surface area contributed by atoms with E-state index in [1.165, 1.54) is 6.20 Å². The molecular formula is C23H30BrCl2N5O2Si. The summed E-state index contributed by atoms with van der Waals surface area (Å²) in [7, 11) is -1.93. The zero-order chi connectivity index (χ0) is 25.1. The van der Waals surface area contributed by atoms with Crippen LogP contribution in [-0.2, 0) is 15.8 Å². The molecular weight excluding hydrogens is 557 g/mol. The van der Waals surface area contributed by atoms with Crippen molar-refractivity contribution >= 4 is 64.9 Å². The van der Waals surface area contributed by atoms with E-state index in [0.29, 0.717) is 48.1 Å². The second-order valence-electron chi connectivity index (χ2n) is 9.85. The predicted molar refractivity (Wildman–Crippen MR) is 143 cm³/mol. The number of rotatable bonds is 7. The molecule has 0 spiro atoms. The van der Waals surface area contributed by atoms with Crippen molar-refractivity contribution in [1.82, 2.24) is 9.97 Å². The molecule has 3 rings (SSSR count). The number of aromatic nitrogens is 2. The fraction of sp³-hybridized carbons (Fsp3) is 0.522. The lowest BCUT2D eigenvalue weighted by atomic mass is 9.96. The van der Waals surface area contributed by atoms with Crippen LogP contribution >= 0.6 is 39.1 Å². The van der Waals surface area contributed by atoms with Crippen molar-refractivity contribution in [2.75, 3.05) is 23.8 Å². The monoisotopic (exact) mass is 585 g/mol. The molecule has 7 nitrogen and oxygen atoms in total. The minimum Gasteiger partial charge on any atom is -0.413 e. The maximum absolute atomic E-state index is 9.42. The molecule has 0 aliphatic carbocycles. The maximum atomic E-state index is 9.42. The van der Waals surface area contributed by atoms with Gasteiger partial charge in [0.2, 0.25) is 5.95 Å². The molecule has 1 aliphatic heterocycles. The fourth-order valence-corrected chi connectivity index (χ4v) is 4.84. The fourth-order valence-electron chi connectivity index (χ4n) is 3.17. The van der Waals surface area contributed by atoms with Gasteiger partial charge in [-0.3, -0.25) is 0 Å². The van der Waals surface area contributed by atoms with E-state index in [4.69, 9.17) is 32.4 Å². The number of halogens is 3. The van der Waals surface area contributed by atoms with Crippen LogP contribution in [0.15, 0.2) is 22.8 Å². The zero-order valence-electron chi connectivity index (χ0n) is 20.0. The second-order valence-corrected chi connectivity index (χ2v) is 16.3. The molecule has 0 saturated carbocycles. The highest BCUT2D eigenvalue weighted by Crippen LogP contribution is 2.39. The molecule has 0 radical (unpaired) electrons. The average Bonchev–Trinajstić information content (AvgIpc) is 2.77. The summed E-state index contributed by atoms with van der Waals surface area (Å²) < 4.78 is 12.7. The Bertz CT molecular complexity index is 1070. The topological polar surface area (TPSA) is 92.1 Å². The summed E-state index contributed by atoms with van der Waals surface area (Å²) in [5, 5.41) is 16.9. The lowest BCUT2D eigenvalue weighted by Gasteiger charge is -2.36. The van der Waals surface area contributed by atoms with E-state index >= 15 is 0 Å². The average molecular weight is 587 g/mol. The Balaban J connectivity index is 1.79. The quantitative estimate of drug-likeness (QED) is 0.333. The van der Waals surface area contributed by atoms with E-state index in [1.807, 2.05) is 6.07 Å². The normalized spacial score (nSPS) is 18.9. The zero-order valence-corrected chi connectivity index (χ0v) is 24.1. The van der Waals surface area contributed by atoms with Gasteiger partial charge in [0.05, 0.1) is 42.5 Å². The number of ether oxygens (including phenoxy) is 1. The van der Waals surface area contributed by atoms with Crippen LogP contribution < -0.4 is 10.6 Å².